The lowest BCUT2D eigenvalue weighted by atomic mass is 9.73. The standard InChI is InChI=1S/C49H60N4O5/c1-3-5-7-11-37(42(54)12-8-6-4-2)44(56)18-13-32-14-20-45-46(27-32)58-48-40(49(24-26-57-45)22-9-10-23-49)17-19-43(55)35-15-16-36-34(21-25-51-47(36)50)38(35)28-33-29-52-41-31-53(48)30-39(33)41/h14-16,20,27,29-30,37,40,42-43,47-48,51,54-55H,3-13,18,21-23,25,28,31,50H2,1-2H3/p+1/t37-,40-,42-,43+,47-,48+/m1/s1. The first-order valence-corrected chi connectivity index (χ1v) is 22.1. The number of nitrogens with zero attached hydrogens (tertiary/aromatic N) is 1. The highest BCUT2D eigenvalue weighted by atomic mass is 16.5. The Kier molecular flexibility index (Phi) is 12.6. The molecule has 1 fully saturated rings. The molecule has 0 amide bonds. The number of aryl methyl sites for hydroxylation is 1. The SMILES string of the molecule is CCCCC[C@@H](O)[C@@H](CCCCC)C(=O)CCc1ccc2c(c1)O[C@H]1[C@@H](C#C[C@H](O)c3ccc4c(c3CC3=CN=C5C[NH+]1C=C35)CCN[C@H]4N)C1(C#CO2)CCCC1. The van der Waals surface area contributed by atoms with Crippen molar-refractivity contribution in [2.45, 2.75) is 141 Å². The van der Waals surface area contributed by atoms with Gasteiger partial charge in [-0.3, -0.25) is 20.0 Å². The van der Waals surface area contributed by atoms with Gasteiger partial charge < -0.3 is 25.4 Å². The Morgan fingerprint density at radius 2 is 1.83 bits per heavy atom. The van der Waals surface area contributed by atoms with E-state index in [1.54, 1.807) is 0 Å². The number of carbonyl (C=O) groups excluding carboxylic acids is 1. The fraction of sp³-hybridized carbons (Fsp3) is 0.551. The number of unbranched alkanes of at least 4 members (excludes halogenated alkanes) is 4. The van der Waals surface area contributed by atoms with E-state index in [4.69, 9.17) is 20.2 Å². The predicted molar refractivity (Wildman–Crippen MR) is 226 cm³/mol. The summed E-state index contributed by atoms with van der Waals surface area (Å²) in [5.41, 5.74) is 14.5. The largest absolute Gasteiger partial charge is 0.437 e. The first-order chi connectivity index (χ1) is 28.3. The summed E-state index contributed by atoms with van der Waals surface area (Å²) in [7, 11) is 0. The van der Waals surface area contributed by atoms with Crippen LogP contribution in [0.4, 0.5) is 0 Å². The second kappa shape index (κ2) is 18.0. The fourth-order valence-electron chi connectivity index (χ4n) is 10.3. The molecule has 0 aromatic heterocycles. The molecule has 6 N–H and O–H groups in total. The first kappa shape index (κ1) is 40.6. The van der Waals surface area contributed by atoms with Crippen molar-refractivity contribution in [2.24, 2.45) is 28.0 Å². The van der Waals surface area contributed by atoms with E-state index in [1.165, 1.54) is 5.56 Å². The maximum absolute atomic E-state index is 13.8. The third kappa shape index (κ3) is 8.31. The number of fused-ring (bicyclic) bond motifs is 8. The van der Waals surface area contributed by atoms with Gasteiger partial charge in [0.2, 0.25) is 0 Å². The summed E-state index contributed by atoms with van der Waals surface area (Å²) in [6.45, 7) is 5.74. The number of aliphatic imine (C=N–C) groups is 1. The van der Waals surface area contributed by atoms with Crippen molar-refractivity contribution in [2.75, 3.05) is 13.1 Å². The number of benzene rings is 2. The molecular weight excluding hydrogens is 725 g/mol. The maximum Gasteiger partial charge on any atom is 0.252 e. The van der Waals surface area contributed by atoms with Crippen LogP contribution in [0.2, 0.25) is 0 Å². The summed E-state index contributed by atoms with van der Waals surface area (Å²) in [5.74, 6) is 11.1. The average molecular weight is 786 g/mol. The Balaban J connectivity index is 1.13. The molecule has 9 heteroatoms. The van der Waals surface area contributed by atoms with Crippen LogP contribution >= 0.6 is 0 Å². The Labute approximate surface area is 344 Å². The van der Waals surface area contributed by atoms with Crippen molar-refractivity contribution in [1.29, 1.82) is 0 Å². The van der Waals surface area contributed by atoms with Crippen LogP contribution in [0.5, 0.6) is 11.5 Å². The molecule has 1 unspecified atom stereocenters. The van der Waals surface area contributed by atoms with Gasteiger partial charge in [-0.1, -0.05) is 101 Å². The Hall–Kier alpha value is -4.22. The molecule has 0 radical (unpaired) electrons. The summed E-state index contributed by atoms with van der Waals surface area (Å²) < 4.78 is 13.4. The molecule has 8 rings (SSSR count). The van der Waals surface area contributed by atoms with Crippen LogP contribution in [0.15, 0.2) is 58.9 Å². The highest BCUT2D eigenvalue weighted by Gasteiger charge is 2.51. The third-order valence-corrected chi connectivity index (χ3v) is 13.6. The van der Waals surface area contributed by atoms with Gasteiger partial charge >= 0.3 is 0 Å². The van der Waals surface area contributed by atoms with Crippen molar-refractivity contribution >= 4 is 11.5 Å². The summed E-state index contributed by atoms with van der Waals surface area (Å²) in [5, 5.41) is 26.5. The van der Waals surface area contributed by atoms with Crippen LogP contribution in [0.1, 0.15) is 137 Å². The number of quaternary nitrogens is 1. The van der Waals surface area contributed by atoms with Gasteiger partial charge in [-0.25, -0.2) is 0 Å². The minimum atomic E-state index is -1.01. The zero-order valence-corrected chi connectivity index (χ0v) is 34.4. The van der Waals surface area contributed by atoms with E-state index >= 15 is 0 Å². The first-order valence-electron chi connectivity index (χ1n) is 22.1. The summed E-state index contributed by atoms with van der Waals surface area (Å²) in [6.07, 6.45) is 18.7. The Morgan fingerprint density at radius 3 is 2.64 bits per heavy atom. The number of nitrogens with one attached hydrogen (secondary N) is 2. The molecule has 0 saturated heterocycles. The van der Waals surface area contributed by atoms with Gasteiger partial charge in [-0.05, 0) is 84.0 Å². The van der Waals surface area contributed by atoms with Crippen molar-refractivity contribution in [3.63, 3.8) is 0 Å². The fourth-order valence-corrected chi connectivity index (χ4v) is 10.3. The summed E-state index contributed by atoms with van der Waals surface area (Å²) >= 11 is 0. The molecule has 306 valence electrons. The van der Waals surface area contributed by atoms with E-state index in [1.807, 2.05) is 36.5 Å². The van der Waals surface area contributed by atoms with Gasteiger partial charge in [0.1, 0.15) is 42.4 Å². The molecule has 2 aromatic carbocycles. The number of ketones is 1. The van der Waals surface area contributed by atoms with E-state index in [-0.39, 0.29) is 23.8 Å². The van der Waals surface area contributed by atoms with Gasteiger partial charge in [-0.2, -0.15) is 0 Å². The molecule has 9 nitrogen and oxygen atoms in total. The molecule has 1 aliphatic carbocycles. The minimum Gasteiger partial charge on any atom is -0.437 e. The number of carbonyl (C=O) groups is 1. The second-order valence-corrected chi connectivity index (χ2v) is 17.4. The van der Waals surface area contributed by atoms with Crippen molar-refractivity contribution < 1.29 is 29.4 Å². The quantitative estimate of drug-likeness (QED) is 0.123. The maximum atomic E-state index is 13.8. The predicted octanol–water partition coefficient (Wildman–Crippen LogP) is 6.08. The molecule has 1 saturated carbocycles. The van der Waals surface area contributed by atoms with Crippen molar-refractivity contribution in [3.8, 4) is 35.4 Å². The van der Waals surface area contributed by atoms with Gasteiger partial charge in [0.15, 0.2) is 11.5 Å². The lowest BCUT2D eigenvalue weighted by molar-refractivity contribution is -0.888. The van der Waals surface area contributed by atoms with E-state index in [9.17, 15) is 15.0 Å². The molecule has 58 heavy (non-hydrogen) atoms. The molecule has 6 aliphatic rings. The molecule has 2 aromatic rings. The monoisotopic (exact) mass is 785 g/mol. The highest BCUT2D eigenvalue weighted by Crippen LogP contribution is 2.47. The Morgan fingerprint density at radius 1 is 1.03 bits per heavy atom. The normalized spacial score (nSPS) is 25.9. The highest BCUT2D eigenvalue weighted by molar-refractivity contribution is 6.08. The lowest BCUT2D eigenvalue weighted by Gasteiger charge is -2.36. The van der Waals surface area contributed by atoms with Gasteiger partial charge in [0.25, 0.3) is 6.23 Å². The van der Waals surface area contributed by atoms with Crippen molar-refractivity contribution in [3.05, 3.63) is 81.7 Å². The number of ether oxygens (including phenoxy) is 2. The number of hydrogen-bond donors (Lipinski definition) is 5. The summed E-state index contributed by atoms with van der Waals surface area (Å²) in [4.78, 5) is 19.8. The Bertz CT molecular complexity index is 2090. The number of allylic oxidation sites excluding steroid dienone is 1. The number of nitrogens with two attached hydrogens (primary N) is 1. The van der Waals surface area contributed by atoms with E-state index < -0.39 is 23.9 Å². The third-order valence-electron chi connectivity index (χ3n) is 13.6. The number of aliphatic hydroxyl groups is 2. The molecule has 2 bridgehead atoms. The number of Topliss-reactive ketones (excluding diaryl/α,β-unsaturated/α-hetero) is 1. The van der Waals surface area contributed by atoms with Gasteiger partial charge in [0, 0.05) is 31.5 Å². The molecule has 1 spiro atoms. The van der Waals surface area contributed by atoms with Crippen LogP contribution in [0.25, 0.3) is 0 Å². The van der Waals surface area contributed by atoms with E-state index in [2.05, 4.69) is 49.2 Å². The molecule has 7 atom stereocenters. The minimum absolute atomic E-state index is 0.133. The smallest absolute Gasteiger partial charge is 0.252 e. The van der Waals surface area contributed by atoms with Crippen LogP contribution in [-0.4, -0.2) is 47.1 Å². The van der Waals surface area contributed by atoms with E-state index in [0.29, 0.717) is 43.7 Å². The lowest BCUT2D eigenvalue weighted by Crippen LogP contribution is -3.13. The van der Waals surface area contributed by atoms with Crippen LogP contribution in [0.3, 0.4) is 0 Å². The summed E-state index contributed by atoms with van der Waals surface area (Å²) in [6, 6.07) is 9.96. The van der Waals surface area contributed by atoms with E-state index in [0.717, 1.165) is 128 Å². The molecule has 5 aliphatic heterocycles. The van der Waals surface area contributed by atoms with Gasteiger partial charge in [0.05, 0.1) is 23.3 Å². The number of aliphatic hydroxyl groups excluding tert-OH is 2. The van der Waals surface area contributed by atoms with Crippen LogP contribution < -0.4 is 25.4 Å². The number of hydrogen-bond acceptors (Lipinski definition) is 8. The van der Waals surface area contributed by atoms with Crippen LogP contribution in [0, 0.1) is 41.1 Å². The zero-order valence-electron chi connectivity index (χ0n) is 34.4. The van der Waals surface area contributed by atoms with Crippen molar-refractivity contribution in [1.82, 2.24) is 5.32 Å². The van der Waals surface area contributed by atoms with Crippen LogP contribution in [-0.2, 0) is 24.1 Å². The second-order valence-electron chi connectivity index (χ2n) is 17.4. The van der Waals surface area contributed by atoms with Gasteiger partial charge in [-0.15, -0.1) is 0 Å². The molecular formula is C49H61N4O5+. The zero-order chi connectivity index (χ0) is 40.2. The topological polar surface area (TPSA) is 131 Å². The molecule has 5 heterocycles. The average Bonchev–Trinajstić information content (AvgIpc) is 3.97. The number of rotatable bonds is 13.